The van der Waals surface area contributed by atoms with Gasteiger partial charge in [0.05, 0.1) is 0 Å². The lowest BCUT2D eigenvalue weighted by atomic mass is 10.1. The van der Waals surface area contributed by atoms with E-state index in [1.807, 2.05) is 0 Å². The Morgan fingerprint density at radius 2 is 2.00 bits per heavy atom. The number of aromatic nitrogens is 1. The average molecular weight is 256 g/mol. The Balaban J connectivity index is 2.18. The molecule has 0 aliphatic carbocycles. The van der Waals surface area contributed by atoms with Gasteiger partial charge in [-0.15, -0.1) is 11.3 Å². The first-order chi connectivity index (χ1) is 8.81. The van der Waals surface area contributed by atoms with E-state index in [4.69, 9.17) is 5.73 Å². The first kappa shape index (κ1) is 11.5. The highest BCUT2D eigenvalue weighted by molar-refractivity contribution is 7.09. The quantitative estimate of drug-likeness (QED) is 0.766. The van der Waals surface area contributed by atoms with Crippen molar-refractivity contribution >= 4 is 22.2 Å². The Labute approximate surface area is 111 Å². The molecule has 0 aliphatic rings. The second kappa shape index (κ2) is 4.59. The minimum Gasteiger partial charge on any atom is -0.347 e. The van der Waals surface area contributed by atoms with Crippen LogP contribution < -0.4 is 5.73 Å². The maximum absolute atomic E-state index is 5.95. The molecule has 2 N–H and O–H groups in total. The van der Waals surface area contributed by atoms with Crippen LogP contribution in [0.4, 0.5) is 0 Å². The van der Waals surface area contributed by atoms with Crippen LogP contribution in [-0.4, -0.2) is 4.57 Å². The van der Waals surface area contributed by atoms with E-state index in [2.05, 4.69) is 53.4 Å². The Morgan fingerprint density at radius 3 is 2.72 bits per heavy atom. The zero-order valence-corrected chi connectivity index (χ0v) is 11.2. The number of thiophene rings is 1. The van der Waals surface area contributed by atoms with Gasteiger partial charge >= 0.3 is 0 Å². The van der Waals surface area contributed by atoms with Crippen LogP contribution in [0.2, 0.25) is 0 Å². The lowest BCUT2D eigenvalue weighted by Gasteiger charge is -2.05. The minimum absolute atomic E-state index is 0.599. The third-order valence-electron chi connectivity index (χ3n) is 3.47. The number of nitrogens with two attached hydrogens (primary N) is 1. The summed E-state index contributed by atoms with van der Waals surface area (Å²) in [4.78, 5) is 1.38. The predicted octanol–water partition coefficient (Wildman–Crippen LogP) is 3.29. The molecule has 3 aromatic rings. The van der Waals surface area contributed by atoms with Crippen molar-refractivity contribution in [3.8, 4) is 0 Å². The monoisotopic (exact) mass is 256 g/mol. The molecule has 0 fully saturated rings. The molecule has 92 valence electrons. The smallest absolute Gasteiger partial charge is 0.0483 e. The fourth-order valence-corrected chi connectivity index (χ4v) is 3.26. The number of para-hydroxylation sites is 1. The third kappa shape index (κ3) is 1.76. The highest BCUT2D eigenvalue weighted by Gasteiger charge is 2.13. The number of fused-ring (bicyclic) bond motifs is 1. The molecule has 0 amide bonds. The number of nitrogens with zero attached hydrogens (tertiary/aromatic N) is 1. The summed E-state index contributed by atoms with van der Waals surface area (Å²) in [6.45, 7) is 0.599. The van der Waals surface area contributed by atoms with Crippen LogP contribution in [-0.2, 0) is 20.0 Å². The van der Waals surface area contributed by atoms with Crippen LogP contribution in [0, 0.1) is 0 Å². The van der Waals surface area contributed by atoms with Gasteiger partial charge in [0, 0.05) is 41.5 Å². The topological polar surface area (TPSA) is 30.9 Å². The van der Waals surface area contributed by atoms with Crippen LogP contribution in [0.3, 0.4) is 0 Å². The van der Waals surface area contributed by atoms with Crippen molar-refractivity contribution in [2.24, 2.45) is 12.8 Å². The van der Waals surface area contributed by atoms with Crippen molar-refractivity contribution in [2.45, 2.75) is 13.0 Å². The maximum Gasteiger partial charge on any atom is 0.0483 e. The summed E-state index contributed by atoms with van der Waals surface area (Å²) in [5.74, 6) is 0. The number of hydrogen-bond donors (Lipinski definition) is 1. The molecule has 0 radical (unpaired) electrons. The van der Waals surface area contributed by atoms with Gasteiger partial charge in [-0.3, -0.25) is 0 Å². The van der Waals surface area contributed by atoms with E-state index in [0.717, 1.165) is 6.42 Å². The van der Waals surface area contributed by atoms with Gasteiger partial charge in [-0.05, 0) is 23.1 Å². The third-order valence-corrected chi connectivity index (χ3v) is 4.35. The Bertz CT molecular complexity index is 665. The van der Waals surface area contributed by atoms with Crippen molar-refractivity contribution in [2.75, 3.05) is 0 Å². The summed E-state index contributed by atoms with van der Waals surface area (Å²) in [5, 5.41) is 3.41. The van der Waals surface area contributed by atoms with Gasteiger partial charge in [0.15, 0.2) is 0 Å². The molecule has 2 aromatic heterocycles. The van der Waals surface area contributed by atoms with Crippen LogP contribution >= 0.6 is 11.3 Å². The predicted molar refractivity (Wildman–Crippen MR) is 77.9 cm³/mol. The summed E-state index contributed by atoms with van der Waals surface area (Å²) in [6, 6.07) is 12.8. The number of rotatable bonds is 3. The molecule has 0 spiro atoms. The molecular weight excluding hydrogens is 240 g/mol. The SMILES string of the molecule is Cn1c(Cc2cccs2)c(CN)c2ccccc21. The standard InChI is InChI=1S/C15H16N2S/c1-17-14-7-3-2-6-12(14)13(10-16)15(17)9-11-5-4-8-18-11/h2-8H,9-10,16H2,1H3. The van der Waals surface area contributed by atoms with E-state index >= 15 is 0 Å². The van der Waals surface area contributed by atoms with E-state index in [0.29, 0.717) is 6.54 Å². The highest BCUT2D eigenvalue weighted by atomic mass is 32.1. The Hall–Kier alpha value is -1.58. The average Bonchev–Trinajstić information content (AvgIpc) is 2.99. The maximum atomic E-state index is 5.95. The fourth-order valence-electron chi connectivity index (χ4n) is 2.56. The zero-order valence-electron chi connectivity index (χ0n) is 10.4. The van der Waals surface area contributed by atoms with E-state index in [9.17, 15) is 0 Å². The zero-order chi connectivity index (χ0) is 12.5. The van der Waals surface area contributed by atoms with Gasteiger partial charge in [-0.2, -0.15) is 0 Å². The molecule has 0 saturated heterocycles. The van der Waals surface area contributed by atoms with Crippen molar-refractivity contribution in [1.82, 2.24) is 4.57 Å². The minimum atomic E-state index is 0.599. The van der Waals surface area contributed by atoms with E-state index in [1.54, 1.807) is 11.3 Å². The van der Waals surface area contributed by atoms with Gasteiger partial charge < -0.3 is 10.3 Å². The largest absolute Gasteiger partial charge is 0.347 e. The summed E-state index contributed by atoms with van der Waals surface area (Å²) in [6.07, 6.45) is 0.968. The summed E-state index contributed by atoms with van der Waals surface area (Å²) in [5.41, 5.74) is 9.83. The Kier molecular flexibility index (Phi) is 2.94. The number of benzene rings is 1. The van der Waals surface area contributed by atoms with E-state index < -0.39 is 0 Å². The van der Waals surface area contributed by atoms with Crippen molar-refractivity contribution < 1.29 is 0 Å². The molecule has 0 saturated carbocycles. The van der Waals surface area contributed by atoms with Gasteiger partial charge in [0.2, 0.25) is 0 Å². The summed E-state index contributed by atoms with van der Waals surface area (Å²) >= 11 is 1.80. The molecule has 1 aromatic carbocycles. The first-order valence-corrected chi connectivity index (χ1v) is 6.97. The number of hydrogen-bond acceptors (Lipinski definition) is 2. The van der Waals surface area contributed by atoms with Crippen molar-refractivity contribution in [1.29, 1.82) is 0 Å². The Morgan fingerprint density at radius 1 is 1.17 bits per heavy atom. The van der Waals surface area contributed by atoms with Crippen LogP contribution in [0.25, 0.3) is 10.9 Å². The molecule has 2 heterocycles. The molecular formula is C15H16N2S. The van der Waals surface area contributed by atoms with Crippen LogP contribution in [0.15, 0.2) is 41.8 Å². The van der Waals surface area contributed by atoms with E-state index in [1.165, 1.54) is 27.0 Å². The summed E-state index contributed by atoms with van der Waals surface area (Å²) in [7, 11) is 2.13. The lowest BCUT2D eigenvalue weighted by Crippen LogP contribution is -2.03. The molecule has 2 nitrogen and oxygen atoms in total. The van der Waals surface area contributed by atoms with Crippen LogP contribution in [0.5, 0.6) is 0 Å². The highest BCUT2D eigenvalue weighted by Crippen LogP contribution is 2.27. The van der Waals surface area contributed by atoms with Gasteiger partial charge in [0.25, 0.3) is 0 Å². The van der Waals surface area contributed by atoms with Crippen LogP contribution in [0.1, 0.15) is 16.1 Å². The molecule has 0 atom stereocenters. The molecule has 0 bridgehead atoms. The molecule has 3 heteroatoms. The second-order valence-corrected chi connectivity index (χ2v) is 5.49. The molecule has 0 aliphatic heterocycles. The van der Waals surface area contributed by atoms with Gasteiger partial charge in [-0.25, -0.2) is 0 Å². The summed E-state index contributed by atoms with van der Waals surface area (Å²) < 4.78 is 2.28. The lowest BCUT2D eigenvalue weighted by molar-refractivity contribution is 0.862. The second-order valence-electron chi connectivity index (χ2n) is 4.46. The first-order valence-electron chi connectivity index (χ1n) is 6.09. The van der Waals surface area contributed by atoms with Crippen molar-refractivity contribution in [3.05, 3.63) is 57.9 Å². The van der Waals surface area contributed by atoms with Gasteiger partial charge in [0.1, 0.15) is 0 Å². The fraction of sp³-hybridized carbons (Fsp3) is 0.200. The molecule has 18 heavy (non-hydrogen) atoms. The molecule has 3 rings (SSSR count). The van der Waals surface area contributed by atoms with Gasteiger partial charge in [-0.1, -0.05) is 24.3 Å². The van der Waals surface area contributed by atoms with E-state index in [-0.39, 0.29) is 0 Å². The van der Waals surface area contributed by atoms with Crippen molar-refractivity contribution in [3.63, 3.8) is 0 Å². The molecule has 0 unspecified atom stereocenters. The normalized spacial score (nSPS) is 11.2. The number of aryl methyl sites for hydroxylation is 1.